The lowest BCUT2D eigenvalue weighted by Crippen LogP contribution is -2.46. The maximum absolute atomic E-state index is 11.3. The van der Waals surface area contributed by atoms with Crippen LogP contribution in [0.4, 0.5) is 0 Å². The van der Waals surface area contributed by atoms with Gasteiger partial charge in [0.15, 0.2) is 0 Å². The number of hydrogen-bond acceptors (Lipinski definition) is 3. The molecule has 14 heavy (non-hydrogen) atoms. The molecule has 2 aliphatic rings. The Morgan fingerprint density at radius 1 is 1.64 bits per heavy atom. The van der Waals surface area contributed by atoms with Crippen LogP contribution in [-0.2, 0) is 4.79 Å². The topological polar surface area (TPSA) is 65.2 Å². The molecule has 0 unspecified atom stereocenters. The Morgan fingerprint density at radius 3 is 3.14 bits per heavy atom. The minimum Gasteiger partial charge on any atom is -0.344 e. The number of carbonyl (C=O) groups is 1. The van der Waals surface area contributed by atoms with E-state index in [1.54, 1.807) is 12.3 Å². The van der Waals surface area contributed by atoms with Crippen LogP contribution in [-0.4, -0.2) is 17.7 Å². The monoisotopic (exact) mass is 187 g/mol. The summed E-state index contributed by atoms with van der Waals surface area (Å²) in [6, 6.07) is 1.83. The highest BCUT2D eigenvalue weighted by Crippen LogP contribution is 2.20. The Morgan fingerprint density at radius 2 is 2.43 bits per heavy atom. The first kappa shape index (κ1) is 8.70. The van der Waals surface area contributed by atoms with Gasteiger partial charge in [-0.15, -0.1) is 0 Å². The van der Waals surface area contributed by atoms with E-state index in [1.165, 1.54) is 0 Å². The standard InChI is InChI=1S/C10H9N3O/c1-6-8-4-7(5-11)10(14)13-9(8)2-3-12-6/h2-4,8-9H,1H3,(H,13,14)/t8-,9-/m1/s1. The van der Waals surface area contributed by atoms with Crippen molar-refractivity contribution in [2.24, 2.45) is 10.9 Å². The highest BCUT2D eigenvalue weighted by Gasteiger charge is 2.30. The van der Waals surface area contributed by atoms with E-state index in [4.69, 9.17) is 5.26 Å². The molecule has 0 aliphatic carbocycles. The van der Waals surface area contributed by atoms with Gasteiger partial charge >= 0.3 is 0 Å². The molecule has 4 nitrogen and oxygen atoms in total. The minimum atomic E-state index is -0.298. The number of aliphatic imine (C=N–C) groups is 1. The van der Waals surface area contributed by atoms with E-state index in [-0.39, 0.29) is 23.4 Å². The first-order valence-electron chi connectivity index (χ1n) is 4.36. The highest BCUT2D eigenvalue weighted by molar-refractivity contribution is 6.01. The zero-order valence-corrected chi connectivity index (χ0v) is 7.69. The number of nitriles is 1. The molecule has 2 rings (SSSR count). The van der Waals surface area contributed by atoms with Crippen molar-refractivity contribution in [2.75, 3.05) is 0 Å². The first-order valence-corrected chi connectivity index (χ1v) is 4.36. The molecule has 0 spiro atoms. The Labute approximate surface area is 81.6 Å². The second-order valence-corrected chi connectivity index (χ2v) is 3.33. The average Bonchev–Trinajstić information content (AvgIpc) is 2.17. The van der Waals surface area contributed by atoms with Crippen LogP contribution in [0.25, 0.3) is 0 Å². The van der Waals surface area contributed by atoms with Gasteiger partial charge in [0, 0.05) is 17.8 Å². The molecule has 4 heteroatoms. The largest absolute Gasteiger partial charge is 0.344 e. The highest BCUT2D eigenvalue weighted by atomic mass is 16.1. The molecule has 0 bridgehead atoms. The Balaban J connectivity index is 2.40. The predicted molar refractivity (Wildman–Crippen MR) is 51.4 cm³/mol. The molecule has 0 radical (unpaired) electrons. The molecule has 0 aromatic heterocycles. The molecular formula is C10H9N3O. The SMILES string of the molecule is CC1=NC=C[C@H]2NC(=O)C(C#N)=C[C@H]12. The Bertz CT molecular complexity index is 412. The summed E-state index contributed by atoms with van der Waals surface area (Å²) in [5, 5.41) is 11.5. The quantitative estimate of drug-likeness (QED) is 0.601. The van der Waals surface area contributed by atoms with Crippen LogP contribution < -0.4 is 5.32 Å². The third-order valence-corrected chi connectivity index (χ3v) is 2.45. The van der Waals surface area contributed by atoms with E-state index in [2.05, 4.69) is 10.3 Å². The van der Waals surface area contributed by atoms with Gasteiger partial charge in [0.1, 0.15) is 11.6 Å². The lowest BCUT2D eigenvalue weighted by molar-refractivity contribution is -0.118. The summed E-state index contributed by atoms with van der Waals surface area (Å²) in [5.41, 5.74) is 1.10. The maximum Gasteiger partial charge on any atom is 0.262 e. The lowest BCUT2D eigenvalue weighted by Gasteiger charge is -2.28. The maximum atomic E-state index is 11.3. The lowest BCUT2D eigenvalue weighted by atomic mass is 9.88. The zero-order chi connectivity index (χ0) is 10.1. The van der Waals surface area contributed by atoms with Crippen molar-refractivity contribution in [1.29, 1.82) is 5.26 Å². The van der Waals surface area contributed by atoms with Crippen LogP contribution in [0.2, 0.25) is 0 Å². The van der Waals surface area contributed by atoms with Crippen molar-refractivity contribution in [2.45, 2.75) is 13.0 Å². The van der Waals surface area contributed by atoms with Gasteiger partial charge in [-0.05, 0) is 19.1 Å². The van der Waals surface area contributed by atoms with Crippen molar-refractivity contribution in [3.8, 4) is 6.07 Å². The van der Waals surface area contributed by atoms with Crippen molar-refractivity contribution in [3.63, 3.8) is 0 Å². The van der Waals surface area contributed by atoms with Gasteiger partial charge in [-0.2, -0.15) is 5.26 Å². The van der Waals surface area contributed by atoms with E-state index in [0.717, 1.165) is 5.71 Å². The van der Waals surface area contributed by atoms with Crippen LogP contribution in [0.3, 0.4) is 0 Å². The summed E-state index contributed by atoms with van der Waals surface area (Å²) in [5.74, 6) is -0.263. The smallest absolute Gasteiger partial charge is 0.262 e. The third kappa shape index (κ3) is 1.23. The van der Waals surface area contributed by atoms with Gasteiger partial charge in [0.2, 0.25) is 0 Å². The van der Waals surface area contributed by atoms with Crippen LogP contribution in [0.1, 0.15) is 6.92 Å². The molecule has 2 atom stereocenters. The number of nitrogens with one attached hydrogen (secondary N) is 1. The van der Waals surface area contributed by atoms with Crippen LogP contribution in [0.5, 0.6) is 0 Å². The second-order valence-electron chi connectivity index (χ2n) is 3.33. The minimum absolute atomic E-state index is 0.0346. The van der Waals surface area contributed by atoms with E-state index in [0.29, 0.717) is 0 Å². The molecule has 0 aromatic rings. The molecule has 1 N–H and O–H groups in total. The summed E-state index contributed by atoms with van der Waals surface area (Å²) in [4.78, 5) is 15.5. The van der Waals surface area contributed by atoms with Gasteiger partial charge in [-0.3, -0.25) is 9.79 Å². The van der Waals surface area contributed by atoms with Gasteiger partial charge in [0.25, 0.3) is 5.91 Å². The second kappa shape index (κ2) is 3.11. The fourth-order valence-electron chi connectivity index (χ4n) is 1.65. The fraction of sp³-hybridized carbons (Fsp3) is 0.300. The van der Waals surface area contributed by atoms with Crippen LogP contribution in [0.15, 0.2) is 28.9 Å². The van der Waals surface area contributed by atoms with Gasteiger partial charge in [0.05, 0.1) is 6.04 Å². The number of amides is 1. The van der Waals surface area contributed by atoms with Crippen molar-refractivity contribution >= 4 is 11.6 Å². The van der Waals surface area contributed by atoms with Crippen LogP contribution >= 0.6 is 0 Å². The van der Waals surface area contributed by atoms with Gasteiger partial charge < -0.3 is 5.32 Å². The number of hydrogen-bond donors (Lipinski definition) is 1. The van der Waals surface area contributed by atoms with E-state index >= 15 is 0 Å². The Hall–Kier alpha value is -1.89. The number of fused-ring (bicyclic) bond motifs is 1. The molecule has 0 saturated carbocycles. The van der Waals surface area contributed by atoms with E-state index < -0.39 is 0 Å². The molecule has 1 amide bonds. The van der Waals surface area contributed by atoms with Crippen molar-refractivity contribution < 1.29 is 4.79 Å². The molecule has 0 fully saturated rings. The molecular weight excluding hydrogens is 178 g/mol. The zero-order valence-electron chi connectivity index (χ0n) is 7.69. The summed E-state index contributed by atoms with van der Waals surface area (Å²) in [7, 11) is 0. The number of carbonyl (C=O) groups excluding carboxylic acids is 1. The van der Waals surface area contributed by atoms with Gasteiger partial charge in [-0.1, -0.05) is 0 Å². The third-order valence-electron chi connectivity index (χ3n) is 2.45. The summed E-state index contributed by atoms with van der Waals surface area (Å²) in [6.45, 7) is 1.89. The number of rotatable bonds is 0. The summed E-state index contributed by atoms with van der Waals surface area (Å²) in [6.07, 6.45) is 5.20. The molecule has 70 valence electrons. The molecule has 0 aromatic carbocycles. The Kier molecular flexibility index (Phi) is 1.93. The van der Waals surface area contributed by atoms with Crippen LogP contribution in [0, 0.1) is 17.2 Å². The predicted octanol–water partition coefficient (Wildman–Crippen LogP) is 0.539. The molecule has 2 heterocycles. The first-order chi connectivity index (χ1) is 6.72. The fourth-order valence-corrected chi connectivity index (χ4v) is 1.65. The van der Waals surface area contributed by atoms with Gasteiger partial charge in [-0.25, -0.2) is 0 Å². The summed E-state index contributed by atoms with van der Waals surface area (Å²) >= 11 is 0. The molecule has 0 saturated heterocycles. The number of nitrogens with zero attached hydrogens (tertiary/aromatic N) is 2. The van der Waals surface area contributed by atoms with Crippen molar-refractivity contribution in [1.82, 2.24) is 5.32 Å². The normalized spacial score (nSPS) is 29.6. The molecule has 2 aliphatic heterocycles. The van der Waals surface area contributed by atoms with E-state index in [1.807, 2.05) is 19.1 Å². The van der Waals surface area contributed by atoms with E-state index in [9.17, 15) is 4.79 Å². The average molecular weight is 187 g/mol. The summed E-state index contributed by atoms with van der Waals surface area (Å²) < 4.78 is 0. The van der Waals surface area contributed by atoms with Crippen molar-refractivity contribution in [3.05, 3.63) is 23.9 Å².